The number of ether oxygens (including phenoxy) is 1. The van der Waals surface area contributed by atoms with Crippen LogP contribution >= 0.6 is 0 Å². The van der Waals surface area contributed by atoms with Gasteiger partial charge in [0.1, 0.15) is 6.04 Å². The van der Waals surface area contributed by atoms with Gasteiger partial charge in [-0.2, -0.15) is 0 Å². The number of amides is 2. The summed E-state index contributed by atoms with van der Waals surface area (Å²) in [5, 5.41) is 0. The molecule has 68 valence electrons. The Kier molecular flexibility index (Phi) is 1.65. The quantitative estimate of drug-likeness (QED) is 0.393. The van der Waals surface area contributed by atoms with E-state index in [1.165, 1.54) is 0 Å². The number of imide groups is 1. The molecule has 0 saturated carbocycles. The second kappa shape index (κ2) is 2.69. The van der Waals surface area contributed by atoms with Crippen molar-refractivity contribution in [3.05, 3.63) is 12.2 Å². The number of esters is 1. The number of hydrogen-bond acceptors (Lipinski definition) is 4. The van der Waals surface area contributed by atoms with Crippen LogP contribution < -0.4 is 0 Å². The highest BCUT2D eigenvalue weighted by Gasteiger charge is 2.39. The number of carbonyl (C=O) groups excluding carboxylic acids is 3. The fraction of sp³-hybridized carbons (Fsp3) is 0.375. The smallest absolute Gasteiger partial charge is 0.329 e. The van der Waals surface area contributed by atoms with Crippen LogP contribution in [0.4, 0.5) is 0 Å². The zero-order chi connectivity index (χ0) is 9.42. The zero-order valence-corrected chi connectivity index (χ0v) is 6.73. The maximum Gasteiger partial charge on any atom is 0.329 e. The monoisotopic (exact) mass is 181 g/mol. The van der Waals surface area contributed by atoms with Crippen LogP contribution in [-0.2, 0) is 19.1 Å². The second-order valence-corrected chi connectivity index (χ2v) is 2.85. The van der Waals surface area contributed by atoms with E-state index in [-0.39, 0.29) is 6.61 Å². The molecule has 0 aromatic carbocycles. The molecule has 0 aromatic heterocycles. The van der Waals surface area contributed by atoms with Crippen LogP contribution in [0.2, 0.25) is 0 Å². The zero-order valence-electron chi connectivity index (χ0n) is 6.73. The summed E-state index contributed by atoms with van der Waals surface area (Å²) in [6.07, 6.45) is 2.72. The van der Waals surface area contributed by atoms with E-state index in [0.717, 1.165) is 17.1 Å². The van der Waals surface area contributed by atoms with Gasteiger partial charge in [-0.1, -0.05) is 0 Å². The minimum absolute atomic E-state index is 0.278. The van der Waals surface area contributed by atoms with Gasteiger partial charge in [-0.15, -0.1) is 0 Å². The molecular formula is C8H7NO4. The average Bonchev–Trinajstić information content (AvgIpc) is 2.60. The Balaban J connectivity index is 2.21. The minimum Gasteiger partial charge on any atom is -0.464 e. The van der Waals surface area contributed by atoms with Crippen LogP contribution in [0.3, 0.4) is 0 Å². The first-order valence-electron chi connectivity index (χ1n) is 3.92. The maximum atomic E-state index is 11.1. The van der Waals surface area contributed by atoms with E-state index in [0.29, 0.717) is 6.42 Å². The highest BCUT2D eigenvalue weighted by atomic mass is 16.5. The Morgan fingerprint density at radius 3 is 2.31 bits per heavy atom. The molecule has 0 aromatic rings. The summed E-state index contributed by atoms with van der Waals surface area (Å²) in [6.45, 7) is 0.278. The molecule has 2 aliphatic rings. The van der Waals surface area contributed by atoms with E-state index >= 15 is 0 Å². The SMILES string of the molecule is O=C1OCCC1N1C(=O)C=CC1=O. The van der Waals surface area contributed by atoms with Crippen LogP contribution in [-0.4, -0.2) is 35.3 Å². The number of cyclic esters (lactones) is 1. The third kappa shape index (κ3) is 1.12. The lowest BCUT2D eigenvalue weighted by atomic mass is 10.2. The minimum atomic E-state index is -0.713. The molecule has 2 aliphatic heterocycles. The standard InChI is InChI=1S/C8H7NO4/c10-6-1-2-7(11)9(6)5-3-4-13-8(5)12/h1-2,5H,3-4H2. The van der Waals surface area contributed by atoms with Crippen molar-refractivity contribution in [2.45, 2.75) is 12.5 Å². The first-order valence-corrected chi connectivity index (χ1v) is 3.92. The van der Waals surface area contributed by atoms with E-state index in [2.05, 4.69) is 4.74 Å². The van der Waals surface area contributed by atoms with Crippen molar-refractivity contribution in [3.63, 3.8) is 0 Å². The molecular weight excluding hydrogens is 174 g/mol. The van der Waals surface area contributed by atoms with Gasteiger partial charge >= 0.3 is 5.97 Å². The van der Waals surface area contributed by atoms with Crippen LogP contribution in [0, 0.1) is 0 Å². The van der Waals surface area contributed by atoms with Crippen molar-refractivity contribution in [2.24, 2.45) is 0 Å². The van der Waals surface area contributed by atoms with Crippen LogP contribution in [0.1, 0.15) is 6.42 Å². The predicted molar refractivity (Wildman–Crippen MR) is 40.4 cm³/mol. The first kappa shape index (κ1) is 7.97. The third-order valence-corrected chi connectivity index (χ3v) is 2.06. The van der Waals surface area contributed by atoms with Crippen LogP contribution in [0.15, 0.2) is 12.2 Å². The average molecular weight is 181 g/mol. The van der Waals surface area contributed by atoms with Crippen molar-refractivity contribution in [2.75, 3.05) is 6.61 Å². The van der Waals surface area contributed by atoms with E-state index in [1.807, 2.05) is 0 Å². The molecule has 1 atom stereocenters. The summed E-state index contributed by atoms with van der Waals surface area (Å²) in [4.78, 5) is 34.3. The van der Waals surface area contributed by atoms with Crippen molar-refractivity contribution in [3.8, 4) is 0 Å². The second-order valence-electron chi connectivity index (χ2n) is 2.85. The van der Waals surface area contributed by atoms with Gasteiger partial charge in [0.25, 0.3) is 11.8 Å². The summed E-state index contributed by atoms with van der Waals surface area (Å²) in [6, 6.07) is -0.713. The molecule has 13 heavy (non-hydrogen) atoms. The summed E-state index contributed by atoms with van der Waals surface area (Å²) < 4.78 is 4.66. The molecule has 5 nitrogen and oxygen atoms in total. The summed E-state index contributed by atoms with van der Waals surface area (Å²) >= 11 is 0. The van der Waals surface area contributed by atoms with Crippen LogP contribution in [0.25, 0.3) is 0 Å². The summed E-state index contributed by atoms with van der Waals surface area (Å²) in [5.74, 6) is -1.37. The van der Waals surface area contributed by atoms with E-state index in [9.17, 15) is 14.4 Å². The van der Waals surface area contributed by atoms with Gasteiger partial charge in [-0.3, -0.25) is 14.5 Å². The fourth-order valence-corrected chi connectivity index (χ4v) is 1.44. The van der Waals surface area contributed by atoms with E-state index in [4.69, 9.17) is 0 Å². The maximum absolute atomic E-state index is 11.1. The molecule has 1 saturated heterocycles. The lowest BCUT2D eigenvalue weighted by Gasteiger charge is -2.17. The van der Waals surface area contributed by atoms with Gasteiger partial charge in [0, 0.05) is 18.6 Å². The van der Waals surface area contributed by atoms with Gasteiger partial charge in [0.05, 0.1) is 6.61 Å². The molecule has 2 amide bonds. The van der Waals surface area contributed by atoms with Crippen molar-refractivity contribution in [1.29, 1.82) is 0 Å². The molecule has 0 radical (unpaired) electrons. The van der Waals surface area contributed by atoms with Crippen LogP contribution in [0.5, 0.6) is 0 Å². The third-order valence-electron chi connectivity index (χ3n) is 2.06. The predicted octanol–water partition coefficient (Wildman–Crippen LogP) is -0.773. The molecule has 5 heteroatoms. The van der Waals surface area contributed by atoms with E-state index in [1.54, 1.807) is 0 Å². The van der Waals surface area contributed by atoms with Gasteiger partial charge < -0.3 is 4.74 Å². The Morgan fingerprint density at radius 1 is 1.23 bits per heavy atom. The highest BCUT2D eigenvalue weighted by molar-refractivity contribution is 6.14. The molecule has 0 spiro atoms. The number of hydrogen-bond donors (Lipinski definition) is 0. The molecule has 0 N–H and O–H groups in total. The fourth-order valence-electron chi connectivity index (χ4n) is 1.44. The highest BCUT2D eigenvalue weighted by Crippen LogP contribution is 2.17. The number of nitrogens with zero attached hydrogens (tertiary/aromatic N) is 1. The Labute approximate surface area is 74.0 Å². The Morgan fingerprint density at radius 2 is 1.85 bits per heavy atom. The topological polar surface area (TPSA) is 63.7 Å². The lowest BCUT2D eigenvalue weighted by molar-refractivity contribution is -0.151. The largest absolute Gasteiger partial charge is 0.464 e. The summed E-state index contributed by atoms with van der Waals surface area (Å²) in [5.41, 5.74) is 0. The van der Waals surface area contributed by atoms with Gasteiger partial charge in [0.15, 0.2) is 0 Å². The Bertz CT molecular complexity index is 302. The van der Waals surface area contributed by atoms with Crippen molar-refractivity contribution in [1.82, 2.24) is 4.90 Å². The first-order chi connectivity index (χ1) is 6.20. The lowest BCUT2D eigenvalue weighted by Crippen LogP contribution is -2.42. The molecule has 2 heterocycles. The van der Waals surface area contributed by atoms with E-state index < -0.39 is 23.8 Å². The molecule has 0 bridgehead atoms. The molecule has 1 fully saturated rings. The Hall–Kier alpha value is -1.65. The van der Waals surface area contributed by atoms with Gasteiger partial charge in [0.2, 0.25) is 0 Å². The molecule has 0 aliphatic carbocycles. The normalized spacial score (nSPS) is 27.2. The molecule has 2 rings (SSSR count). The van der Waals surface area contributed by atoms with Crippen molar-refractivity contribution >= 4 is 17.8 Å². The number of rotatable bonds is 1. The van der Waals surface area contributed by atoms with Gasteiger partial charge in [-0.05, 0) is 0 Å². The molecule has 1 unspecified atom stereocenters. The van der Waals surface area contributed by atoms with Gasteiger partial charge in [-0.25, -0.2) is 4.79 Å². The van der Waals surface area contributed by atoms with Crippen molar-refractivity contribution < 1.29 is 19.1 Å². The summed E-state index contributed by atoms with van der Waals surface area (Å²) in [7, 11) is 0. The number of carbonyl (C=O) groups is 3.